The highest BCUT2D eigenvalue weighted by atomic mass is 16.5. The summed E-state index contributed by atoms with van der Waals surface area (Å²) in [6.07, 6.45) is 2.16. The van der Waals surface area contributed by atoms with Crippen LogP contribution in [0.2, 0.25) is 0 Å². The van der Waals surface area contributed by atoms with Crippen LogP contribution in [0, 0.1) is 0 Å². The van der Waals surface area contributed by atoms with Crippen LogP contribution in [0.25, 0.3) is 0 Å². The zero-order valence-electron chi connectivity index (χ0n) is 14.7. The second-order valence-corrected chi connectivity index (χ2v) is 5.99. The minimum absolute atomic E-state index is 0.0932. The summed E-state index contributed by atoms with van der Waals surface area (Å²) in [5, 5.41) is 8.71. The topological polar surface area (TPSA) is 88.7 Å². The molecule has 0 spiro atoms. The monoisotopic (exact) mass is 349 g/mol. The van der Waals surface area contributed by atoms with Gasteiger partial charge in [-0.1, -0.05) is 12.1 Å². The summed E-state index contributed by atoms with van der Waals surface area (Å²) in [4.78, 5) is 24.0. The molecule has 2 amide bonds. The lowest BCUT2D eigenvalue weighted by atomic mass is 10.1. The van der Waals surface area contributed by atoms with Crippen LogP contribution in [0.3, 0.4) is 0 Å². The zero-order valence-corrected chi connectivity index (χ0v) is 14.7. The van der Waals surface area contributed by atoms with Gasteiger partial charge in [-0.2, -0.15) is 0 Å². The number of carbonyl (C=O) groups is 2. The van der Waals surface area contributed by atoms with Crippen molar-refractivity contribution in [2.45, 2.75) is 25.5 Å². The molecule has 1 saturated heterocycles. The van der Waals surface area contributed by atoms with Crippen molar-refractivity contribution in [3.8, 4) is 0 Å². The van der Waals surface area contributed by atoms with Gasteiger partial charge in [0.1, 0.15) is 0 Å². The van der Waals surface area contributed by atoms with Crippen molar-refractivity contribution in [1.82, 2.24) is 16.0 Å². The van der Waals surface area contributed by atoms with Crippen molar-refractivity contribution in [2.75, 3.05) is 40.0 Å². The second-order valence-electron chi connectivity index (χ2n) is 5.99. The first-order chi connectivity index (χ1) is 12.2. The molecule has 2 rings (SSSR count). The Hall–Kier alpha value is -1.96. The molecule has 0 radical (unpaired) electrons. The molecule has 0 aromatic heterocycles. The molecule has 1 unspecified atom stereocenters. The first-order valence-electron chi connectivity index (χ1n) is 8.64. The standard InChI is InChI=1S/C18H27N3O4/c1-24-9-7-19-13-17(22)20-11-14-4-2-5-15(10-14)18(23)21-12-16-6-3-8-25-16/h2,4-5,10,16,19H,3,6-9,11-13H2,1H3,(H,20,22)(H,21,23). The smallest absolute Gasteiger partial charge is 0.251 e. The normalized spacial score (nSPS) is 16.6. The van der Waals surface area contributed by atoms with Crippen LogP contribution in [0.4, 0.5) is 0 Å². The van der Waals surface area contributed by atoms with E-state index in [0.29, 0.717) is 31.8 Å². The van der Waals surface area contributed by atoms with Gasteiger partial charge in [0, 0.05) is 38.9 Å². The van der Waals surface area contributed by atoms with E-state index in [1.165, 1.54) is 0 Å². The number of ether oxygens (including phenoxy) is 2. The third-order valence-electron chi connectivity index (χ3n) is 3.96. The van der Waals surface area contributed by atoms with Gasteiger partial charge in [0.2, 0.25) is 5.91 Å². The van der Waals surface area contributed by atoms with Gasteiger partial charge in [-0.05, 0) is 30.5 Å². The molecule has 1 atom stereocenters. The van der Waals surface area contributed by atoms with Crippen LogP contribution < -0.4 is 16.0 Å². The molecular weight excluding hydrogens is 322 g/mol. The molecule has 7 heteroatoms. The van der Waals surface area contributed by atoms with E-state index in [1.54, 1.807) is 19.2 Å². The minimum Gasteiger partial charge on any atom is -0.383 e. The zero-order chi connectivity index (χ0) is 17.9. The lowest BCUT2D eigenvalue weighted by molar-refractivity contribution is -0.120. The van der Waals surface area contributed by atoms with E-state index in [-0.39, 0.29) is 24.5 Å². The maximum Gasteiger partial charge on any atom is 0.251 e. The molecule has 138 valence electrons. The molecule has 25 heavy (non-hydrogen) atoms. The van der Waals surface area contributed by atoms with Crippen LogP contribution in [0.1, 0.15) is 28.8 Å². The van der Waals surface area contributed by atoms with E-state index in [9.17, 15) is 9.59 Å². The predicted molar refractivity (Wildman–Crippen MR) is 94.3 cm³/mol. The predicted octanol–water partition coefficient (Wildman–Crippen LogP) is 0.448. The van der Waals surface area contributed by atoms with Crippen LogP contribution in [0.15, 0.2) is 24.3 Å². The fraction of sp³-hybridized carbons (Fsp3) is 0.556. The summed E-state index contributed by atoms with van der Waals surface area (Å²) < 4.78 is 10.4. The van der Waals surface area contributed by atoms with E-state index >= 15 is 0 Å². The van der Waals surface area contributed by atoms with Crippen LogP contribution in [0.5, 0.6) is 0 Å². The first kappa shape index (κ1) is 19.4. The lowest BCUT2D eigenvalue weighted by Crippen LogP contribution is -2.35. The first-order valence-corrected chi connectivity index (χ1v) is 8.64. The summed E-state index contributed by atoms with van der Waals surface area (Å²) in [5.74, 6) is -0.214. The van der Waals surface area contributed by atoms with Gasteiger partial charge in [-0.3, -0.25) is 9.59 Å². The summed E-state index contributed by atoms with van der Waals surface area (Å²) in [7, 11) is 1.62. The van der Waals surface area contributed by atoms with Crippen molar-refractivity contribution in [1.29, 1.82) is 0 Å². The number of carbonyl (C=O) groups excluding carboxylic acids is 2. The second kappa shape index (κ2) is 10.8. The SMILES string of the molecule is COCCNCC(=O)NCc1cccc(C(=O)NCC2CCCO2)c1. The Kier molecular flexibility index (Phi) is 8.38. The van der Waals surface area contributed by atoms with E-state index < -0.39 is 0 Å². The van der Waals surface area contributed by atoms with Crippen LogP contribution >= 0.6 is 0 Å². The van der Waals surface area contributed by atoms with Crippen molar-refractivity contribution in [2.24, 2.45) is 0 Å². The Morgan fingerprint density at radius 3 is 2.96 bits per heavy atom. The van der Waals surface area contributed by atoms with Gasteiger partial charge in [0.15, 0.2) is 0 Å². The van der Waals surface area contributed by atoms with Crippen molar-refractivity contribution in [3.05, 3.63) is 35.4 Å². The Morgan fingerprint density at radius 1 is 1.32 bits per heavy atom. The number of hydrogen-bond donors (Lipinski definition) is 3. The Labute approximate surface area is 148 Å². The summed E-state index contributed by atoms with van der Waals surface area (Å²) in [6.45, 7) is 3.13. The molecular formula is C18H27N3O4. The van der Waals surface area contributed by atoms with E-state index in [0.717, 1.165) is 25.0 Å². The minimum atomic E-state index is -0.120. The Morgan fingerprint density at radius 2 is 2.20 bits per heavy atom. The van der Waals surface area contributed by atoms with Crippen LogP contribution in [-0.4, -0.2) is 57.9 Å². The molecule has 0 saturated carbocycles. The van der Waals surface area contributed by atoms with E-state index in [1.807, 2.05) is 12.1 Å². The molecule has 7 nitrogen and oxygen atoms in total. The quantitative estimate of drug-likeness (QED) is 0.534. The number of amides is 2. The lowest BCUT2D eigenvalue weighted by Gasteiger charge is -2.11. The van der Waals surface area contributed by atoms with Gasteiger partial charge < -0.3 is 25.4 Å². The highest BCUT2D eigenvalue weighted by Gasteiger charge is 2.16. The molecule has 1 aromatic carbocycles. The molecule has 1 aliphatic rings. The average molecular weight is 349 g/mol. The highest BCUT2D eigenvalue weighted by molar-refractivity contribution is 5.94. The van der Waals surface area contributed by atoms with E-state index in [4.69, 9.17) is 9.47 Å². The number of benzene rings is 1. The van der Waals surface area contributed by atoms with Crippen LogP contribution in [-0.2, 0) is 20.8 Å². The van der Waals surface area contributed by atoms with Gasteiger partial charge in [-0.25, -0.2) is 0 Å². The third kappa shape index (κ3) is 7.21. The third-order valence-corrected chi connectivity index (χ3v) is 3.96. The number of nitrogens with one attached hydrogen (secondary N) is 3. The molecule has 1 heterocycles. The molecule has 1 aliphatic heterocycles. The largest absolute Gasteiger partial charge is 0.383 e. The number of methoxy groups -OCH3 is 1. The number of rotatable bonds is 10. The van der Waals surface area contributed by atoms with Crippen molar-refractivity contribution in [3.63, 3.8) is 0 Å². The fourth-order valence-electron chi connectivity index (χ4n) is 2.58. The molecule has 3 N–H and O–H groups in total. The van der Waals surface area contributed by atoms with Crippen molar-refractivity contribution >= 4 is 11.8 Å². The highest BCUT2D eigenvalue weighted by Crippen LogP contribution is 2.11. The van der Waals surface area contributed by atoms with Gasteiger partial charge >= 0.3 is 0 Å². The average Bonchev–Trinajstić information content (AvgIpc) is 3.15. The number of hydrogen-bond acceptors (Lipinski definition) is 5. The maximum atomic E-state index is 12.2. The van der Waals surface area contributed by atoms with Gasteiger partial charge in [-0.15, -0.1) is 0 Å². The Bertz CT molecular complexity index is 559. The molecule has 0 aliphatic carbocycles. The fourth-order valence-corrected chi connectivity index (χ4v) is 2.58. The summed E-state index contributed by atoms with van der Waals surface area (Å²) in [6, 6.07) is 7.26. The maximum absolute atomic E-state index is 12.2. The summed E-state index contributed by atoms with van der Waals surface area (Å²) in [5.41, 5.74) is 1.47. The molecule has 0 bridgehead atoms. The van der Waals surface area contributed by atoms with Crippen molar-refractivity contribution < 1.29 is 19.1 Å². The van der Waals surface area contributed by atoms with Gasteiger partial charge in [0.05, 0.1) is 19.3 Å². The van der Waals surface area contributed by atoms with Gasteiger partial charge in [0.25, 0.3) is 5.91 Å². The summed E-state index contributed by atoms with van der Waals surface area (Å²) >= 11 is 0. The Balaban J connectivity index is 1.73. The van der Waals surface area contributed by atoms with E-state index in [2.05, 4.69) is 16.0 Å². The molecule has 1 fully saturated rings. The molecule has 1 aromatic rings.